The molecule has 0 aliphatic rings. The topological polar surface area (TPSA) is 115 Å². The summed E-state index contributed by atoms with van der Waals surface area (Å²) in [7, 11) is -2.67. The molecule has 0 amide bonds. The van der Waals surface area contributed by atoms with E-state index >= 15 is 0 Å². The second-order valence-corrected chi connectivity index (χ2v) is 1.34. The van der Waals surface area contributed by atoms with E-state index < -0.39 is 10.4 Å². The zero-order valence-corrected chi connectivity index (χ0v) is 5.83. The highest BCUT2D eigenvalue weighted by Gasteiger charge is 1.84. The average Bonchev–Trinajstić information content (AvgIpc) is 1.72. The first-order valence-corrected chi connectivity index (χ1v) is 2.99. The molecule has 0 rings (SSSR count). The Kier molecular flexibility index (Phi) is 18.9. The zero-order chi connectivity index (χ0) is 8.50. The Bertz CT molecular complexity index is 94.2. The Labute approximate surface area is 53.3 Å². The van der Waals surface area contributed by atoms with Crippen molar-refractivity contribution in [3.63, 3.8) is 0 Å². The second-order valence-electron chi connectivity index (χ2n) is 0.448. The van der Waals surface area contributed by atoms with E-state index in [0.29, 0.717) is 0 Å². The number of aliphatic hydroxyl groups excluding tert-OH is 2. The smallest absolute Gasteiger partial charge is 0.394 e. The molecule has 9 heavy (non-hydrogen) atoms. The molecular weight excluding hydrogens is 152 g/mol. The average molecular weight is 162 g/mol. The molecule has 0 heterocycles. The van der Waals surface area contributed by atoms with Crippen molar-refractivity contribution in [2.45, 2.75) is 0 Å². The fraction of sp³-hybridized carbons (Fsp3) is 1.00. The van der Waals surface area contributed by atoms with Gasteiger partial charge in [0.05, 0.1) is 0 Å². The molecule has 0 aliphatic carbocycles. The minimum Gasteiger partial charge on any atom is -0.400 e. The molecule has 0 saturated carbocycles. The SMILES string of the molecule is CO.CO.O=S(=O)(O)O. The normalized spacial score (nSPS) is 7.78. The van der Waals surface area contributed by atoms with Crippen LogP contribution in [0.5, 0.6) is 0 Å². The van der Waals surface area contributed by atoms with Crippen molar-refractivity contribution < 1.29 is 27.7 Å². The van der Waals surface area contributed by atoms with Crippen molar-refractivity contribution in [1.82, 2.24) is 0 Å². The molecule has 60 valence electrons. The largest absolute Gasteiger partial charge is 0.400 e. The standard InChI is InChI=1S/2CH4O.H2O4S/c2*1-2;1-5(2,3)4/h2*2H,1H3;(H2,1,2,3,4). The monoisotopic (exact) mass is 162 g/mol. The van der Waals surface area contributed by atoms with Crippen LogP contribution in [0, 0.1) is 0 Å². The molecule has 0 spiro atoms. The molecule has 0 aromatic heterocycles. The highest BCUT2D eigenvalue weighted by Crippen LogP contribution is 1.59. The lowest BCUT2D eigenvalue weighted by Gasteiger charge is -1.68. The van der Waals surface area contributed by atoms with Crippen LogP contribution in [-0.4, -0.2) is 42.0 Å². The summed E-state index contributed by atoms with van der Waals surface area (Å²) in [6, 6.07) is 0. The van der Waals surface area contributed by atoms with Crippen molar-refractivity contribution in [2.75, 3.05) is 14.2 Å². The maximum Gasteiger partial charge on any atom is 0.394 e. The third kappa shape index (κ3) is 5920. The molecule has 0 fully saturated rings. The van der Waals surface area contributed by atoms with E-state index in [1.807, 2.05) is 0 Å². The quantitative estimate of drug-likeness (QED) is 0.324. The molecule has 0 atom stereocenters. The second kappa shape index (κ2) is 10.7. The minimum atomic E-state index is -4.67. The third-order valence-corrected chi connectivity index (χ3v) is 0. The Morgan fingerprint density at radius 2 is 0.889 bits per heavy atom. The van der Waals surface area contributed by atoms with E-state index in [1.54, 1.807) is 0 Å². The summed E-state index contributed by atoms with van der Waals surface area (Å²) >= 11 is 0. The molecule has 6 nitrogen and oxygen atoms in total. The molecule has 0 bridgehead atoms. The maximum absolute atomic E-state index is 8.74. The fourth-order valence-corrected chi connectivity index (χ4v) is 0. The van der Waals surface area contributed by atoms with Gasteiger partial charge in [0.15, 0.2) is 0 Å². The van der Waals surface area contributed by atoms with Crippen molar-refractivity contribution in [1.29, 1.82) is 0 Å². The summed E-state index contributed by atoms with van der Waals surface area (Å²) in [6.45, 7) is 0. The van der Waals surface area contributed by atoms with Crippen molar-refractivity contribution in [3.05, 3.63) is 0 Å². The molecule has 4 N–H and O–H groups in total. The summed E-state index contributed by atoms with van der Waals surface area (Å²) in [5.74, 6) is 0. The lowest BCUT2D eigenvalue weighted by Crippen LogP contribution is -1.89. The van der Waals surface area contributed by atoms with Gasteiger partial charge in [0.25, 0.3) is 0 Å². The molecule has 0 aliphatic heterocycles. The Balaban J connectivity index is -0.0000000771. The van der Waals surface area contributed by atoms with Crippen LogP contribution >= 0.6 is 0 Å². The Hall–Kier alpha value is -0.210. The van der Waals surface area contributed by atoms with Gasteiger partial charge in [-0.1, -0.05) is 0 Å². The first-order valence-electron chi connectivity index (χ1n) is 1.59. The van der Waals surface area contributed by atoms with E-state index in [-0.39, 0.29) is 0 Å². The Morgan fingerprint density at radius 3 is 0.889 bits per heavy atom. The molecule has 0 aromatic rings. The Morgan fingerprint density at radius 1 is 0.889 bits per heavy atom. The van der Waals surface area contributed by atoms with Gasteiger partial charge in [-0.3, -0.25) is 9.11 Å². The van der Waals surface area contributed by atoms with Crippen molar-refractivity contribution in [2.24, 2.45) is 0 Å². The van der Waals surface area contributed by atoms with Gasteiger partial charge in [0.1, 0.15) is 0 Å². The maximum atomic E-state index is 8.74. The summed E-state index contributed by atoms with van der Waals surface area (Å²) < 4.78 is 31.6. The van der Waals surface area contributed by atoms with Crippen molar-refractivity contribution in [3.8, 4) is 0 Å². The van der Waals surface area contributed by atoms with Crippen LogP contribution in [0.25, 0.3) is 0 Å². The number of hydrogen-bond acceptors (Lipinski definition) is 4. The molecule has 0 saturated heterocycles. The number of hydrogen-bond donors (Lipinski definition) is 4. The molecule has 0 aromatic carbocycles. The predicted octanol–water partition coefficient (Wildman–Crippen LogP) is -1.44. The van der Waals surface area contributed by atoms with E-state index in [2.05, 4.69) is 0 Å². The van der Waals surface area contributed by atoms with E-state index in [4.69, 9.17) is 27.7 Å². The summed E-state index contributed by atoms with van der Waals surface area (Å²) in [4.78, 5) is 0. The van der Waals surface area contributed by atoms with Gasteiger partial charge in [0.2, 0.25) is 0 Å². The van der Waals surface area contributed by atoms with Gasteiger partial charge in [0, 0.05) is 14.2 Å². The lowest BCUT2D eigenvalue weighted by atomic mass is 11.8. The third-order valence-electron chi connectivity index (χ3n) is 0. The molecular formula is C2H10O6S. The minimum absolute atomic E-state index is 1.00. The lowest BCUT2D eigenvalue weighted by molar-refractivity contribution is 0.381. The van der Waals surface area contributed by atoms with Gasteiger partial charge in [-0.15, -0.1) is 0 Å². The highest BCUT2D eigenvalue weighted by molar-refractivity contribution is 7.79. The number of rotatable bonds is 0. The summed E-state index contributed by atoms with van der Waals surface area (Å²) in [5.41, 5.74) is 0. The summed E-state index contributed by atoms with van der Waals surface area (Å²) in [5, 5.41) is 14.0. The van der Waals surface area contributed by atoms with Crippen LogP contribution in [0.3, 0.4) is 0 Å². The van der Waals surface area contributed by atoms with Crippen molar-refractivity contribution >= 4 is 10.4 Å². The fourth-order valence-electron chi connectivity index (χ4n) is 0. The van der Waals surface area contributed by atoms with Crippen LogP contribution in [0.4, 0.5) is 0 Å². The van der Waals surface area contributed by atoms with Gasteiger partial charge >= 0.3 is 10.4 Å². The van der Waals surface area contributed by atoms with E-state index in [9.17, 15) is 0 Å². The van der Waals surface area contributed by atoms with Crippen LogP contribution in [0.1, 0.15) is 0 Å². The molecule has 7 heteroatoms. The summed E-state index contributed by atoms with van der Waals surface area (Å²) in [6.07, 6.45) is 0. The zero-order valence-electron chi connectivity index (χ0n) is 5.01. The first kappa shape index (κ1) is 15.9. The van der Waals surface area contributed by atoms with Gasteiger partial charge < -0.3 is 10.2 Å². The van der Waals surface area contributed by atoms with E-state index in [1.165, 1.54) is 0 Å². The van der Waals surface area contributed by atoms with Crippen LogP contribution in [0.15, 0.2) is 0 Å². The van der Waals surface area contributed by atoms with Crippen LogP contribution in [0.2, 0.25) is 0 Å². The molecule has 0 radical (unpaired) electrons. The first-order chi connectivity index (χ1) is 4.00. The predicted molar refractivity (Wildman–Crippen MR) is 30.5 cm³/mol. The van der Waals surface area contributed by atoms with Gasteiger partial charge in [-0.25, -0.2) is 0 Å². The van der Waals surface area contributed by atoms with Gasteiger partial charge in [-0.2, -0.15) is 8.42 Å². The van der Waals surface area contributed by atoms with E-state index in [0.717, 1.165) is 14.2 Å². The highest BCUT2D eigenvalue weighted by atomic mass is 32.3. The van der Waals surface area contributed by atoms with Crippen LogP contribution < -0.4 is 0 Å². The van der Waals surface area contributed by atoms with Gasteiger partial charge in [-0.05, 0) is 0 Å². The molecule has 0 unspecified atom stereocenters. The number of aliphatic hydroxyl groups is 2. The van der Waals surface area contributed by atoms with Crippen LogP contribution in [-0.2, 0) is 10.4 Å².